The Kier molecular flexibility index (Phi) is 2.87. The molecule has 0 bridgehead atoms. The molecule has 6 nitrogen and oxygen atoms in total. The summed E-state index contributed by atoms with van der Waals surface area (Å²) in [6, 6.07) is 1.98. The van der Waals surface area contributed by atoms with Crippen LogP contribution >= 0.6 is 11.8 Å². The van der Waals surface area contributed by atoms with Gasteiger partial charge in [0.1, 0.15) is 6.20 Å². The van der Waals surface area contributed by atoms with Gasteiger partial charge in [-0.05, 0) is 6.92 Å². The lowest BCUT2D eigenvalue weighted by Crippen LogP contribution is -2.29. The van der Waals surface area contributed by atoms with E-state index in [9.17, 15) is 4.79 Å². The summed E-state index contributed by atoms with van der Waals surface area (Å²) < 4.78 is 0.867. The lowest BCUT2D eigenvalue weighted by atomic mass is 10.5. The minimum Gasteiger partial charge on any atom is -0.334 e. The molecule has 68 valence electrons. The minimum absolute atomic E-state index is 0.238. The number of nitrogens with zero attached hydrogens (tertiary/aromatic N) is 4. The number of hydrogen-bond acceptors (Lipinski definition) is 6. The van der Waals surface area contributed by atoms with Crippen LogP contribution in [0.3, 0.4) is 0 Å². The molecule has 0 aliphatic carbocycles. The van der Waals surface area contributed by atoms with Crippen LogP contribution < -0.4 is 11.4 Å². The molecular formula is C6H7N5OS. The van der Waals surface area contributed by atoms with Crippen molar-refractivity contribution >= 4 is 11.8 Å². The van der Waals surface area contributed by atoms with Crippen molar-refractivity contribution < 1.29 is 0 Å². The Labute approximate surface area is 78.4 Å². The first kappa shape index (κ1) is 9.54. The average molecular weight is 197 g/mol. The van der Waals surface area contributed by atoms with E-state index < -0.39 is 5.56 Å². The highest BCUT2D eigenvalue weighted by atomic mass is 32.2. The Morgan fingerprint density at radius 1 is 1.85 bits per heavy atom. The van der Waals surface area contributed by atoms with E-state index in [1.54, 1.807) is 6.92 Å². The molecule has 0 spiro atoms. The van der Waals surface area contributed by atoms with Gasteiger partial charge in [-0.2, -0.15) is 15.0 Å². The molecule has 7 heteroatoms. The number of nitriles is 1. The third-order valence-electron chi connectivity index (χ3n) is 1.22. The van der Waals surface area contributed by atoms with Crippen LogP contribution in [0.5, 0.6) is 0 Å². The van der Waals surface area contributed by atoms with E-state index in [4.69, 9.17) is 11.1 Å². The van der Waals surface area contributed by atoms with Crippen molar-refractivity contribution in [3.8, 4) is 6.07 Å². The Bertz CT molecular complexity index is 395. The molecule has 1 aromatic heterocycles. The summed E-state index contributed by atoms with van der Waals surface area (Å²) in [6.07, 6.45) is 1.01. The number of aromatic nitrogens is 3. The molecule has 0 saturated carbocycles. The van der Waals surface area contributed by atoms with Crippen LogP contribution in [0.25, 0.3) is 0 Å². The third-order valence-corrected chi connectivity index (χ3v) is 2.17. The van der Waals surface area contributed by atoms with Crippen LogP contribution in [0.4, 0.5) is 0 Å². The molecule has 0 saturated heterocycles. The van der Waals surface area contributed by atoms with E-state index in [0.29, 0.717) is 0 Å². The van der Waals surface area contributed by atoms with Crippen LogP contribution in [-0.2, 0) is 0 Å². The fourth-order valence-electron chi connectivity index (χ4n) is 0.597. The largest absolute Gasteiger partial charge is 0.334 e. The second-order valence-corrected chi connectivity index (χ2v) is 3.53. The quantitative estimate of drug-likeness (QED) is 0.500. The Morgan fingerprint density at radius 3 is 3.15 bits per heavy atom. The molecule has 1 rings (SSSR count). The van der Waals surface area contributed by atoms with Gasteiger partial charge in [-0.25, -0.2) is 0 Å². The summed E-state index contributed by atoms with van der Waals surface area (Å²) in [5.41, 5.74) is -0.442. The first-order valence-electron chi connectivity index (χ1n) is 3.41. The van der Waals surface area contributed by atoms with Gasteiger partial charge in [-0.1, -0.05) is 11.8 Å². The maximum absolute atomic E-state index is 10.9. The average Bonchev–Trinajstić information content (AvgIpc) is 2.13. The Balaban J connectivity index is 2.97. The van der Waals surface area contributed by atoms with Crippen molar-refractivity contribution in [3.05, 3.63) is 16.6 Å². The fraction of sp³-hybridized carbons (Fsp3) is 0.333. The van der Waals surface area contributed by atoms with E-state index in [1.165, 1.54) is 0 Å². The van der Waals surface area contributed by atoms with E-state index >= 15 is 0 Å². The van der Waals surface area contributed by atoms with Gasteiger partial charge in [0.15, 0.2) is 0 Å². The molecule has 2 N–H and O–H groups in total. The molecule has 1 aromatic rings. The summed E-state index contributed by atoms with van der Waals surface area (Å²) in [5.74, 6) is 5.36. The highest BCUT2D eigenvalue weighted by molar-refractivity contribution is 8.00. The van der Waals surface area contributed by atoms with Crippen LogP contribution in [0.1, 0.15) is 6.92 Å². The zero-order valence-electron chi connectivity index (χ0n) is 6.84. The molecule has 1 unspecified atom stereocenters. The van der Waals surface area contributed by atoms with Gasteiger partial charge >= 0.3 is 0 Å². The van der Waals surface area contributed by atoms with E-state index in [0.717, 1.165) is 22.6 Å². The normalized spacial score (nSPS) is 12.0. The molecule has 1 heterocycles. The van der Waals surface area contributed by atoms with Crippen LogP contribution in [0, 0.1) is 11.3 Å². The summed E-state index contributed by atoms with van der Waals surface area (Å²) in [6.45, 7) is 1.68. The smallest absolute Gasteiger partial charge is 0.291 e. The number of nitrogen functional groups attached to an aromatic ring is 1. The van der Waals surface area contributed by atoms with Gasteiger partial charge in [0.25, 0.3) is 5.56 Å². The number of rotatable bonds is 2. The maximum atomic E-state index is 10.9. The standard InChI is InChI=1S/C6H7N5OS/c1-4(2-7)13-6-10-9-3-5(12)11(6)8/h3-4H,8H2,1H3. The number of hydrogen-bond donors (Lipinski definition) is 1. The van der Waals surface area contributed by atoms with Crippen molar-refractivity contribution in [3.63, 3.8) is 0 Å². The highest BCUT2D eigenvalue weighted by Gasteiger charge is 2.08. The minimum atomic E-state index is -0.442. The van der Waals surface area contributed by atoms with Crippen molar-refractivity contribution in [1.82, 2.24) is 14.9 Å². The monoisotopic (exact) mass is 197 g/mol. The predicted molar refractivity (Wildman–Crippen MR) is 47.4 cm³/mol. The zero-order valence-corrected chi connectivity index (χ0v) is 7.65. The Morgan fingerprint density at radius 2 is 2.54 bits per heavy atom. The highest BCUT2D eigenvalue weighted by Crippen LogP contribution is 2.16. The van der Waals surface area contributed by atoms with Gasteiger partial charge in [-0.3, -0.25) is 4.79 Å². The second kappa shape index (κ2) is 3.91. The van der Waals surface area contributed by atoms with Gasteiger partial charge in [0, 0.05) is 0 Å². The Hall–Kier alpha value is -1.55. The molecule has 0 amide bonds. The molecular weight excluding hydrogens is 190 g/mol. The lowest BCUT2D eigenvalue weighted by molar-refractivity contribution is 0.697. The van der Waals surface area contributed by atoms with Crippen molar-refractivity contribution in [2.75, 3.05) is 5.84 Å². The first-order valence-corrected chi connectivity index (χ1v) is 4.29. The molecule has 0 aromatic carbocycles. The lowest BCUT2D eigenvalue weighted by Gasteiger charge is -2.04. The van der Waals surface area contributed by atoms with Crippen LogP contribution in [-0.4, -0.2) is 20.1 Å². The maximum Gasteiger partial charge on any atom is 0.291 e. The summed E-state index contributed by atoms with van der Waals surface area (Å²) in [5, 5.41) is 15.5. The van der Waals surface area contributed by atoms with E-state index in [-0.39, 0.29) is 10.4 Å². The summed E-state index contributed by atoms with van der Waals surface area (Å²) in [4.78, 5) is 10.9. The van der Waals surface area contributed by atoms with E-state index in [2.05, 4.69) is 10.2 Å². The topological polar surface area (TPSA) is 97.6 Å². The van der Waals surface area contributed by atoms with Gasteiger partial charge in [-0.15, -0.1) is 5.10 Å². The SMILES string of the molecule is CC(C#N)Sc1nncc(=O)n1N. The third kappa shape index (κ3) is 2.19. The van der Waals surface area contributed by atoms with Gasteiger partial charge < -0.3 is 5.84 Å². The molecule has 0 fully saturated rings. The number of nitrogens with two attached hydrogens (primary N) is 1. The van der Waals surface area contributed by atoms with Crippen molar-refractivity contribution in [1.29, 1.82) is 5.26 Å². The predicted octanol–water partition coefficient (Wildman–Crippen LogP) is -0.644. The van der Waals surface area contributed by atoms with Gasteiger partial charge in [0.2, 0.25) is 5.16 Å². The summed E-state index contributed by atoms with van der Waals surface area (Å²) in [7, 11) is 0. The van der Waals surface area contributed by atoms with Crippen LogP contribution in [0.15, 0.2) is 16.1 Å². The van der Waals surface area contributed by atoms with Crippen LogP contribution in [0.2, 0.25) is 0 Å². The number of thioether (sulfide) groups is 1. The first-order chi connectivity index (χ1) is 6.15. The molecule has 1 atom stereocenters. The molecule has 0 aliphatic rings. The van der Waals surface area contributed by atoms with E-state index in [1.807, 2.05) is 6.07 Å². The molecule has 0 radical (unpaired) electrons. The van der Waals surface area contributed by atoms with Crippen molar-refractivity contribution in [2.45, 2.75) is 17.3 Å². The van der Waals surface area contributed by atoms with Crippen molar-refractivity contribution in [2.24, 2.45) is 0 Å². The second-order valence-electron chi connectivity index (χ2n) is 2.22. The molecule has 0 aliphatic heterocycles. The molecule has 13 heavy (non-hydrogen) atoms. The fourth-order valence-corrected chi connectivity index (χ4v) is 1.26. The zero-order chi connectivity index (χ0) is 9.84. The van der Waals surface area contributed by atoms with Gasteiger partial charge in [0.05, 0.1) is 11.3 Å². The summed E-state index contributed by atoms with van der Waals surface area (Å²) >= 11 is 1.09.